The molecule has 0 radical (unpaired) electrons. The van der Waals surface area contributed by atoms with Crippen LogP contribution in [0.2, 0.25) is 0 Å². The van der Waals surface area contributed by atoms with E-state index in [1.165, 1.54) is 6.07 Å². The normalized spacial score (nSPS) is 18.1. The quantitative estimate of drug-likeness (QED) is 0.424. The number of ether oxygens (including phenoxy) is 1. The predicted octanol–water partition coefficient (Wildman–Crippen LogP) is 6.97. The zero-order valence-electron chi connectivity index (χ0n) is 18.5. The van der Waals surface area contributed by atoms with Crippen LogP contribution in [-0.2, 0) is 11.2 Å². The van der Waals surface area contributed by atoms with Crippen LogP contribution in [0.1, 0.15) is 60.0 Å². The second-order valence-corrected chi connectivity index (χ2v) is 9.24. The van der Waals surface area contributed by atoms with E-state index in [9.17, 15) is 14.3 Å². The van der Waals surface area contributed by atoms with Crippen molar-refractivity contribution in [3.05, 3.63) is 88.5 Å². The first-order valence-corrected chi connectivity index (χ1v) is 11.5. The molecule has 33 heavy (non-hydrogen) atoms. The number of aryl methyl sites for hydroxylation is 2. The standard InChI is InChI=1S/C28H26F2O3/c1-16-5-11-24(29)23(13-16)19-8-10-20-18(14-19)9-12-25(20)33-26-4-2-3-21(28(26)30)22(15-27(31)32)17-6-7-17/h2-5,8,10-11,13-14,17,22,25H,6-7,9,12,15H2,1H3,(H,31,32)/t22-,25+/m0/s1. The summed E-state index contributed by atoms with van der Waals surface area (Å²) < 4.78 is 35.9. The summed E-state index contributed by atoms with van der Waals surface area (Å²) in [6.45, 7) is 1.94. The van der Waals surface area contributed by atoms with Gasteiger partial charge in [-0.2, -0.15) is 0 Å². The van der Waals surface area contributed by atoms with Gasteiger partial charge in [0.25, 0.3) is 0 Å². The number of fused-ring (bicyclic) bond motifs is 1. The third-order valence-electron chi connectivity index (χ3n) is 6.85. The summed E-state index contributed by atoms with van der Waals surface area (Å²) in [5.41, 5.74) is 4.89. The SMILES string of the molecule is Cc1ccc(F)c(-c2ccc3c(c2)CC[C@H]3Oc2cccc([C@@H](CC(=O)O)C3CC3)c2F)c1. The largest absolute Gasteiger partial charge is 0.483 e. The molecule has 3 aromatic carbocycles. The summed E-state index contributed by atoms with van der Waals surface area (Å²) in [4.78, 5) is 11.3. The van der Waals surface area contributed by atoms with Crippen LogP contribution in [0.25, 0.3) is 11.1 Å². The van der Waals surface area contributed by atoms with E-state index in [2.05, 4.69) is 0 Å². The highest BCUT2D eigenvalue weighted by molar-refractivity contribution is 5.68. The van der Waals surface area contributed by atoms with Gasteiger partial charge in [-0.1, -0.05) is 42.0 Å². The van der Waals surface area contributed by atoms with E-state index in [0.717, 1.165) is 41.5 Å². The minimum Gasteiger partial charge on any atom is -0.483 e. The number of rotatable bonds is 7. The first-order chi connectivity index (χ1) is 15.9. The lowest BCUT2D eigenvalue weighted by Crippen LogP contribution is -2.12. The zero-order valence-corrected chi connectivity index (χ0v) is 18.5. The summed E-state index contributed by atoms with van der Waals surface area (Å²) in [6, 6.07) is 15.9. The van der Waals surface area contributed by atoms with Gasteiger partial charge in [-0.3, -0.25) is 4.79 Å². The minimum absolute atomic E-state index is 0.0738. The Morgan fingerprint density at radius 3 is 2.67 bits per heavy atom. The molecule has 0 spiro atoms. The molecule has 5 heteroatoms. The molecule has 1 saturated carbocycles. The molecule has 1 N–H and O–H groups in total. The summed E-state index contributed by atoms with van der Waals surface area (Å²) in [7, 11) is 0. The van der Waals surface area contributed by atoms with Crippen LogP contribution in [0, 0.1) is 24.5 Å². The smallest absolute Gasteiger partial charge is 0.303 e. The zero-order chi connectivity index (χ0) is 23.1. The Kier molecular flexibility index (Phi) is 5.65. The maximum Gasteiger partial charge on any atom is 0.303 e. The molecule has 0 aromatic heterocycles. The molecule has 0 heterocycles. The molecule has 0 unspecified atom stereocenters. The highest BCUT2D eigenvalue weighted by Crippen LogP contribution is 2.47. The second kappa shape index (κ2) is 8.62. The van der Waals surface area contributed by atoms with Crippen molar-refractivity contribution in [3.8, 4) is 16.9 Å². The molecule has 3 nitrogen and oxygen atoms in total. The lowest BCUT2D eigenvalue weighted by atomic mass is 9.90. The molecule has 2 aliphatic carbocycles. The lowest BCUT2D eigenvalue weighted by molar-refractivity contribution is -0.137. The van der Waals surface area contributed by atoms with E-state index in [0.29, 0.717) is 17.5 Å². The monoisotopic (exact) mass is 448 g/mol. The van der Waals surface area contributed by atoms with Crippen molar-refractivity contribution < 1.29 is 23.4 Å². The van der Waals surface area contributed by atoms with E-state index >= 15 is 4.39 Å². The first kappa shape index (κ1) is 21.6. The molecule has 5 rings (SSSR count). The Bertz CT molecular complexity index is 1220. The fourth-order valence-electron chi connectivity index (χ4n) is 5.00. The molecule has 0 aliphatic heterocycles. The lowest BCUT2D eigenvalue weighted by Gasteiger charge is -2.20. The van der Waals surface area contributed by atoms with E-state index in [1.54, 1.807) is 24.3 Å². The van der Waals surface area contributed by atoms with Crippen LogP contribution in [-0.4, -0.2) is 11.1 Å². The third kappa shape index (κ3) is 4.37. The summed E-state index contributed by atoms with van der Waals surface area (Å²) >= 11 is 0. The van der Waals surface area contributed by atoms with Gasteiger partial charge < -0.3 is 9.84 Å². The summed E-state index contributed by atoms with van der Waals surface area (Å²) in [5, 5.41) is 9.28. The van der Waals surface area contributed by atoms with Crippen LogP contribution >= 0.6 is 0 Å². The molecule has 170 valence electrons. The van der Waals surface area contributed by atoms with Gasteiger partial charge in [-0.25, -0.2) is 8.78 Å². The molecule has 1 fully saturated rings. The average Bonchev–Trinajstić information content (AvgIpc) is 3.56. The van der Waals surface area contributed by atoms with Gasteiger partial charge in [0.05, 0.1) is 6.42 Å². The average molecular weight is 449 g/mol. The van der Waals surface area contributed by atoms with Crippen molar-refractivity contribution >= 4 is 5.97 Å². The molecule has 0 saturated heterocycles. The van der Waals surface area contributed by atoms with Gasteiger partial charge >= 0.3 is 5.97 Å². The number of carboxylic acid groups (broad SMARTS) is 1. The summed E-state index contributed by atoms with van der Waals surface area (Å²) in [5.74, 6) is -1.56. The Morgan fingerprint density at radius 1 is 1.09 bits per heavy atom. The number of benzene rings is 3. The second-order valence-electron chi connectivity index (χ2n) is 9.24. The van der Waals surface area contributed by atoms with Gasteiger partial charge in [0.15, 0.2) is 11.6 Å². The van der Waals surface area contributed by atoms with E-state index in [-0.39, 0.29) is 35.9 Å². The number of halogens is 2. The molecule has 2 atom stereocenters. The molecular formula is C28H26F2O3. The number of hydrogen-bond acceptors (Lipinski definition) is 2. The van der Waals surface area contributed by atoms with Gasteiger partial charge in [0, 0.05) is 11.5 Å². The van der Waals surface area contributed by atoms with Crippen LogP contribution in [0.15, 0.2) is 54.6 Å². The molecule has 3 aromatic rings. The number of hydrogen-bond donors (Lipinski definition) is 1. The van der Waals surface area contributed by atoms with Crippen molar-refractivity contribution in [1.29, 1.82) is 0 Å². The Labute approximate surface area is 192 Å². The van der Waals surface area contributed by atoms with Gasteiger partial charge in [-0.15, -0.1) is 0 Å². The highest BCUT2D eigenvalue weighted by Gasteiger charge is 2.36. The van der Waals surface area contributed by atoms with E-state index in [4.69, 9.17) is 4.74 Å². The minimum atomic E-state index is -0.914. The van der Waals surface area contributed by atoms with Crippen LogP contribution in [0.4, 0.5) is 8.78 Å². The topological polar surface area (TPSA) is 46.5 Å². The maximum atomic E-state index is 15.4. The number of carbonyl (C=O) groups is 1. The van der Waals surface area contributed by atoms with Crippen molar-refractivity contribution in [1.82, 2.24) is 0 Å². The van der Waals surface area contributed by atoms with Crippen LogP contribution in [0.5, 0.6) is 5.75 Å². The van der Waals surface area contributed by atoms with Crippen LogP contribution < -0.4 is 4.74 Å². The molecular weight excluding hydrogens is 422 g/mol. The first-order valence-electron chi connectivity index (χ1n) is 11.5. The predicted molar refractivity (Wildman–Crippen MR) is 122 cm³/mol. The molecule has 0 bridgehead atoms. The van der Waals surface area contributed by atoms with Crippen molar-refractivity contribution in [3.63, 3.8) is 0 Å². The van der Waals surface area contributed by atoms with Crippen molar-refractivity contribution in [2.24, 2.45) is 5.92 Å². The third-order valence-corrected chi connectivity index (χ3v) is 6.85. The maximum absolute atomic E-state index is 15.4. The highest BCUT2D eigenvalue weighted by atomic mass is 19.1. The van der Waals surface area contributed by atoms with Crippen molar-refractivity contribution in [2.75, 3.05) is 0 Å². The fourth-order valence-corrected chi connectivity index (χ4v) is 5.00. The number of carboxylic acids is 1. The van der Waals surface area contributed by atoms with Gasteiger partial charge in [-0.05, 0) is 79.0 Å². The Hall–Kier alpha value is -3.21. The fraction of sp³-hybridized carbons (Fsp3) is 0.321. The molecule has 0 amide bonds. The van der Waals surface area contributed by atoms with Crippen molar-refractivity contribution in [2.45, 2.75) is 51.0 Å². The van der Waals surface area contributed by atoms with E-state index < -0.39 is 11.8 Å². The number of aliphatic carboxylic acids is 1. The van der Waals surface area contributed by atoms with Gasteiger partial charge in [0.1, 0.15) is 11.9 Å². The van der Waals surface area contributed by atoms with Crippen LogP contribution in [0.3, 0.4) is 0 Å². The van der Waals surface area contributed by atoms with E-state index in [1.807, 2.05) is 31.2 Å². The Balaban J connectivity index is 1.40. The Morgan fingerprint density at radius 2 is 1.91 bits per heavy atom. The molecule has 2 aliphatic rings. The van der Waals surface area contributed by atoms with Gasteiger partial charge in [0.2, 0.25) is 0 Å². The summed E-state index contributed by atoms with van der Waals surface area (Å²) in [6.07, 6.45) is 2.98.